The van der Waals surface area contributed by atoms with Gasteiger partial charge in [-0.1, -0.05) is 0 Å². The first kappa shape index (κ1) is 13.8. The maximum atomic E-state index is 9.80. The predicted octanol–water partition coefficient (Wildman–Crippen LogP) is 0.134. The maximum absolute atomic E-state index is 9.80. The number of nitrogens with one attached hydrogen (secondary N) is 1. The van der Waals surface area contributed by atoms with Gasteiger partial charge >= 0.3 is 0 Å². The normalized spacial score (nSPS) is 13.3. The molecule has 0 spiro atoms. The van der Waals surface area contributed by atoms with E-state index in [1.165, 1.54) is 0 Å². The lowest BCUT2D eigenvalue weighted by atomic mass is 9.86. The van der Waals surface area contributed by atoms with Gasteiger partial charge in [-0.15, -0.1) is 0 Å². The van der Waals surface area contributed by atoms with Gasteiger partial charge in [-0.05, 0) is 27.7 Å². The molecule has 0 aliphatic rings. The molecule has 0 bridgehead atoms. The Bertz CT molecular complexity index is 152. The fourth-order valence-electron chi connectivity index (χ4n) is 0.819. The Labute approximate surface area is 86.3 Å². The summed E-state index contributed by atoms with van der Waals surface area (Å²) in [5, 5.41) is 21.5. The summed E-state index contributed by atoms with van der Waals surface area (Å²) in [6, 6.07) is 0. The minimum absolute atomic E-state index is 0.0505. The number of aliphatic hydroxyl groups is 2. The molecule has 0 aliphatic carbocycles. The molecule has 0 heterocycles. The molecule has 0 aromatic carbocycles. The lowest BCUT2D eigenvalue weighted by Crippen LogP contribution is -2.56. The van der Waals surface area contributed by atoms with Crippen molar-refractivity contribution in [2.45, 2.75) is 38.8 Å². The van der Waals surface area contributed by atoms with E-state index in [0.717, 1.165) is 0 Å². The molecular weight excluding hydrogens is 182 g/mol. The average Bonchev–Trinajstić information content (AvgIpc) is 2.02. The zero-order valence-corrected chi connectivity index (χ0v) is 9.63. The van der Waals surface area contributed by atoms with Crippen LogP contribution < -0.4 is 5.32 Å². The molecular formula is C10H23NO3. The predicted molar refractivity (Wildman–Crippen MR) is 56.3 cm³/mol. The van der Waals surface area contributed by atoms with Crippen LogP contribution in [-0.2, 0) is 4.74 Å². The van der Waals surface area contributed by atoms with Crippen molar-refractivity contribution in [3.63, 3.8) is 0 Å². The van der Waals surface area contributed by atoms with Crippen LogP contribution in [0, 0.1) is 0 Å². The lowest BCUT2D eigenvalue weighted by Gasteiger charge is -2.38. The van der Waals surface area contributed by atoms with E-state index >= 15 is 0 Å². The van der Waals surface area contributed by atoms with Crippen molar-refractivity contribution in [3.05, 3.63) is 0 Å². The van der Waals surface area contributed by atoms with Crippen LogP contribution >= 0.6 is 0 Å². The van der Waals surface area contributed by atoms with Crippen molar-refractivity contribution in [1.29, 1.82) is 0 Å². The van der Waals surface area contributed by atoms with Crippen LogP contribution in [0.4, 0.5) is 0 Å². The van der Waals surface area contributed by atoms with Crippen LogP contribution in [0.2, 0.25) is 0 Å². The number of hydrogen-bond acceptors (Lipinski definition) is 4. The number of aliphatic hydroxyl groups excluding tert-OH is 1. The Kier molecular flexibility index (Phi) is 5.59. The molecule has 0 aromatic rings. The highest BCUT2D eigenvalue weighted by Crippen LogP contribution is 2.19. The summed E-state index contributed by atoms with van der Waals surface area (Å²) in [6.07, 6.45) is 0. The van der Waals surface area contributed by atoms with Crippen LogP contribution in [0.1, 0.15) is 27.7 Å². The minimum atomic E-state index is -0.774. The van der Waals surface area contributed by atoms with Crippen LogP contribution in [0.3, 0.4) is 0 Å². The molecule has 86 valence electrons. The van der Waals surface area contributed by atoms with Crippen molar-refractivity contribution >= 4 is 0 Å². The van der Waals surface area contributed by atoms with E-state index in [0.29, 0.717) is 19.8 Å². The topological polar surface area (TPSA) is 61.7 Å². The summed E-state index contributed by atoms with van der Waals surface area (Å²) in [7, 11) is 0. The molecule has 0 amide bonds. The summed E-state index contributed by atoms with van der Waals surface area (Å²) in [4.78, 5) is 0. The first-order valence-corrected chi connectivity index (χ1v) is 4.97. The maximum Gasteiger partial charge on any atom is 0.0767 e. The zero-order valence-electron chi connectivity index (χ0n) is 9.63. The second kappa shape index (κ2) is 5.66. The van der Waals surface area contributed by atoms with Gasteiger partial charge in [-0.25, -0.2) is 0 Å². The molecule has 0 saturated carbocycles. The molecule has 0 radical (unpaired) electrons. The number of ether oxygens (including phenoxy) is 1. The SMILES string of the molecule is CC(C)(O)C(C)(C)NCCOCCO. The molecule has 0 aromatic heterocycles. The summed E-state index contributed by atoms with van der Waals surface area (Å²) < 4.78 is 5.10. The van der Waals surface area contributed by atoms with Crippen LogP contribution in [0.25, 0.3) is 0 Å². The van der Waals surface area contributed by atoms with Crippen molar-refractivity contribution in [2.24, 2.45) is 0 Å². The molecule has 0 atom stereocenters. The highest BCUT2D eigenvalue weighted by Gasteiger charge is 2.33. The van der Waals surface area contributed by atoms with Gasteiger partial charge in [0.25, 0.3) is 0 Å². The molecule has 3 N–H and O–H groups in total. The van der Waals surface area contributed by atoms with Crippen LogP contribution in [-0.4, -0.2) is 47.7 Å². The summed E-state index contributed by atoms with van der Waals surface area (Å²) in [5.74, 6) is 0. The Balaban J connectivity index is 3.67. The summed E-state index contributed by atoms with van der Waals surface area (Å²) in [6.45, 7) is 9.05. The van der Waals surface area contributed by atoms with Gasteiger partial charge in [0, 0.05) is 12.1 Å². The average molecular weight is 205 g/mol. The second-order valence-electron chi connectivity index (χ2n) is 4.45. The summed E-state index contributed by atoms with van der Waals surface area (Å²) >= 11 is 0. The van der Waals surface area contributed by atoms with Crippen LogP contribution in [0.5, 0.6) is 0 Å². The van der Waals surface area contributed by atoms with E-state index in [1.807, 2.05) is 13.8 Å². The third kappa shape index (κ3) is 4.91. The highest BCUT2D eigenvalue weighted by atomic mass is 16.5. The Morgan fingerprint density at radius 2 is 1.71 bits per heavy atom. The van der Waals surface area contributed by atoms with Gasteiger partial charge in [0.15, 0.2) is 0 Å². The monoisotopic (exact) mass is 205 g/mol. The van der Waals surface area contributed by atoms with E-state index in [-0.39, 0.29) is 12.1 Å². The molecule has 4 heteroatoms. The Morgan fingerprint density at radius 1 is 1.14 bits per heavy atom. The van der Waals surface area contributed by atoms with Gasteiger partial charge in [0.05, 0.1) is 25.4 Å². The first-order chi connectivity index (χ1) is 6.31. The van der Waals surface area contributed by atoms with Crippen molar-refractivity contribution in [1.82, 2.24) is 5.32 Å². The highest BCUT2D eigenvalue weighted by molar-refractivity contribution is 4.93. The third-order valence-electron chi connectivity index (χ3n) is 2.58. The smallest absolute Gasteiger partial charge is 0.0767 e. The van der Waals surface area contributed by atoms with E-state index in [4.69, 9.17) is 9.84 Å². The largest absolute Gasteiger partial charge is 0.394 e. The third-order valence-corrected chi connectivity index (χ3v) is 2.58. The van der Waals surface area contributed by atoms with Crippen LogP contribution in [0.15, 0.2) is 0 Å². The number of hydrogen-bond donors (Lipinski definition) is 3. The standard InChI is InChI=1S/C10H23NO3/c1-9(2,10(3,4)13)11-5-7-14-8-6-12/h11-13H,5-8H2,1-4H3. The summed E-state index contributed by atoms with van der Waals surface area (Å²) in [5.41, 5.74) is -1.13. The van der Waals surface area contributed by atoms with Gasteiger partial charge in [0.2, 0.25) is 0 Å². The van der Waals surface area contributed by atoms with E-state index < -0.39 is 5.60 Å². The fourth-order valence-corrected chi connectivity index (χ4v) is 0.819. The minimum Gasteiger partial charge on any atom is -0.394 e. The van der Waals surface area contributed by atoms with Gasteiger partial charge in [-0.2, -0.15) is 0 Å². The van der Waals surface area contributed by atoms with E-state index in [1.54, 1.807) is 13.8 Å². The molecule has 0 unspecified atom stereocenters. The van der Waals surface area contributed by atoms with E-state index in [9.17, 15) is 5.11 Å². The van der Waals surface area contributed by atoms with Gasteiger partial charge < -0.3 is 20.3 Å². The van der Waals surface area contributed by atoms with Gasteiger partial charge in [0.1, 0.15) is 0 Å². The quantitative estimate of drug-likeness (QED) is 0.517. The van der Waals surface area contributed by atoms with E-state index in [2.05, 4.69) is 5.32 Å². The second-order valence-corrected chi connectivity index (χ2v) is 4.45. The van der Waals surface area contributed by atoms with Crippen molar-refractivity contribution in [2.75, 3.05) is 26.4 Å². The molecule has 0 rings (SSSR count). The Morgan fingerprint density at radius 3 is 2.14 bits per heavy atom. The Hall–Kier alpha value is -0.160. The van der Waals surface area contributed by atoms with Crippen molar-refractivity contribution < 1.29 is 14.9 Å². The number of rotatable bonds is 7. The first-order valence-electron chi connectivity index (χ1n) is 4.97. The molecule has 4 nitrogen and oxygen atoms in total. The molecule has 0 aliphatic heterocycles. The zero-order chi connectivity index (χ0) is 11.2. The molecule has 14 heavy (non-hydrogen) atoms. The molecule has 0 saturated heterocycles. The lowest BCUT2D eigenvalue weighted by molar-refractivity contribution is -0.00875. The van der Waals surface area contributed by atoms with Gasteiger partial charge in [-0.3, -0.25) is 0 Å². The molecule has 0 fully saturated rings. The van der Waals surface area contributed by atoms with Crippen molar-refractivity contribution in [3.8, 4) is 0 Å². The fraction of sp³-hybridized carbons (Fsp3) is 1.00.